The van der Waals surface area contributed by atoms with Gasteiger partial charge in [0.1, 0.15) is 0 Å². The summed E-state index contributed by atoms with van der Waals surface area (Å²) in [6, 6.07) is 25.3. The zero-order valence-corrected chi connectivity index (χ0v) is 17.9. The van der Waals surface area contributed by atoms with Crippen LogP contribution in [0.5, 0.6) is 0 Å². The third-order valence-electron chi connectivity index (χ3n) is 5.29. The van der Waals surface area contributed by atoms with Crippen molar-refractivity contribution >= 4 is 17.6 Å². The SMILES string of the molecule is Nc1cccc(-c2ccc(-c3ccnn3Cc3ccc(C(=O)NCCC(=O)O)cc3)cc2)c1. The predicted octanol–water partition coefficient (Wildman–Crippen LogP) is 4.05. The maximum Gasteiger partial charge on any atom is 0.305 e. The molecule has 0 spiro atoms. The van der Waals surface area contributed by atoms with E-state index >= 15 is 0 Å². The van der Waals surface area contributed by atoms with E-state index in [2.05, 4.69) is 34.7 Å². The molecule has 1 heterocycles. The van der Waals surface area contributed by atoms with Gasteiger partial charge in [0.2, 0.25) is 0 Å². The average molecular weight is 441 g/mol. The number of amides is 1. The lowest BCUT2D eigenvalue weighted by Gasteiger charge is -2.10. The fourth-order valence-electron chi connectivity index (χ4n) is 3.58. The summed E-state index contributed by atoms with van der Waals surface area (Å²) < 4.78 is 1.91. The number of carboxylic acid groups (broad SMARTS) is 1. The van der Waals surface area contributed by atoms with Crippen molar-refractivity contribution < 1.29 is 14.7 Å². The van der Waals surface area contributed by atoms with Gasteiger partial charge in [-0.25, -0.2) is 0 Å². The minimum absolute atomic E-state index is 0.100. The molecule has 7 heteroatoms. The summed E-state index contributed by atoms with van der Waals surface area (Å²) in [6.07, 6.45) is 1.66. The van der Waals surface area contributed by atoms with E-state index < -0.39 is 5.97 Å². The molecular weight excluding hydrogens is 416 g/mol. The van der Waals surface area contributed by atoms with Gasteiger partial charge in [-0.1, -0.05) is 48.5 Å². The number of hydrogen-bond donors (Lipinski definition) is 3. The second-order valence-electron chi connectivity index (χ2n) is 7.67. The summed E-state index contributed by atoms with van der Waals surface area (Å²) in [7, 11) is 0. The highest BCUT2D eigenvalue weighted by Gasteiger charge is 2.09. The van der Waals surface area contributed by atoms with Crippen LogP contribution in [-0.4, -0.2) is 33.3 Å². The van der Waals surface area contributed by atoms with Gasteiger partial charge in [-0.05, 0) is 52.6 Å². The van der Waals surface area contributed by atoms with Crippen molar-refractivity contribution in [2.45, 2.75) is 13.0 Å². The number of nitrogen functional groups attached to an aromatic ring is 1. The highest BCUT2D eigenvalue weighted by atomic mass is 16.4. The molecule has 0 saturated heterocycles. The predicted molar refractivity (Wildman–Crippen MR) is 128 cm³/mol. The Kier molecular flexibility index (Phi) is 6.50. The Labute approximate surface area is 191 Å². The lowest BCUT2D eigenvalue weighted by molar-refractivity contribution is -0.136. The molecule has 166 valence electrons. The van der Waals surface area contributed by atoms with Gasteiger partial charge in [-0.2, -0.15) is 5.10 Å². The minimum atomic E-state index is -0.944. The quantitative estimate of drug-likeness (QED) is 0.358. The molecule has 1 aromatic heterocycles. The van der Waals surface area contributed by atoms with E-state index in [9.17, 15) is 9.59 Å². The first kappa shape index (κ1) is 21.8. The summed E-state index contributed by atoms with van der Waals surface area (Å²) in [5.41, 5.74) is 12.3. The first-order chi connectivity index (χ1) is 16.0. The van der Waals surface area contributed by atoms with Crippen molar-refractivity contribution in [3.05, 3.63) is 96.2 Å². The molecule has 33 heavy (non-hydrogen) atoms. The van der Waals surface area contributed by atoms with Crippen molar-refractivity contribution in [3.8, 4) is 22.4 Å². The minimum Gasteiger partial charge on any atom is -0.481 e. The van der Waals surface area contributed by atoms with E-state index in [0.29, 0.717) is 12.1 Å². The number of aliphatic carboxylic acids is 1. The number of carbonyl (C=O) groups is 2. The number of benzene rings is 3. The third kappa shape index (κ3) is 5.46. The number of carboxylic acids is 1. The molecule has 1 amide bonds. The maximum absolute atomic E-state index is 12.1. The maximum atomic E-state index is 12.1. The van der Waals surface area contributed by atoms with Gasteiger partial charge in [-0.3, -0.25) is 14.3 Å². The Morgan fingerprint density at radius 2 is 1.64 bits per heavy atom. The Morgan fingerprint density at radius 1 is 0.909 bits per heavy atom. The van der Waals surface area contributed by atoms with E-state index in [1.54, 1.807) is 18.3 Å². The second-order valence-corrected chi connectivity index (χ2v) is 7.67. The number of nitrogens with two attached hydrogens (primary N) is 1. The lowest BCUT2D eigenvalue weighted by Crippen LogP contribution is -2.25. The summed E-state index contributed by atoms with van der Waals surface area (Å²) >= 11 is 0. The molecule has 3 aromatic carbocycles. The van der Waals surface area contributed by atoms with Gasteiger partial charge in [0, 0.05) is 24.0 Å². The largest absolute Gasteiger partial charge is 0.481 e. The summed E-state index contributed by atoms with van der Waals surface area (Å²) in [6.45, 7) is 0.656. The first-order valence-electron chi connectivity index (χ1n) is 10.6. The normalized spacial score (nSPS) is 10.7. The number of hydrogen-bond acceptors (Lipinski definition) is 4. The van der Waals surface area contributed by atoms with E-state index in [4.69, 9.17) is 10.8 Å². The van der Waals surface area contributed by atoms with E-state index in [0.717, 1.165) is 33.6 Å². The van der Waals surface area contributed by atoms with Crippen molar-refractivity contribution in [2.24, 2.45) is 0 Å². The molecular formula is C26H24N4O3. The highest BCUT2D eigenvalue weighted by molar-refractivity contribution is 5.94. The van der Waals surface area contributed by atoms with Crippen LogP contribution >= 0.6 is 0 Å². The van der Waals surface area contributed by atoms with Crippen LogP contribution in [0.4, 0.5) is 5.69 Å². The highest BCUT2D eigenvalue weighted by Crippen LogP contribution is 2.26. The van der Waals surface area contributed by atoms with Crippen LogP contribution < -0.4 is 11.1 Å². The van der Waals surface area contributed by atoms with Crippen molar-refractivity contribution in [1.82, 2.24) is 15.1 Å². The number of nitrogens with zero attached hydrogens (tertiary/aromatic N) is 2. The monoisotopic (exact) mass is 440 g/mol. The zero-order valence-electron chi connectivity index (χ0n) is 17.9. The van der Waals surface area contributed by atoms with Gasteiger partial charge in [0.05, 0.1) is 18.7 Å². The molecule has 0 aliphatic rings. The van der Waals surface area contributed by atoms with E-state index in [1.165, 1.54) is 0 Å². The molecule has 0 unspecified atom stereocenters. The number of anilines is 1. The molecule has 0 radical (unpaired) electrons. The zero-order chi connectivity index (χ0) is 23.2. The van der Waals surface area contributed by atoms with Crippen molar-refractivity contribution in [2.75, 3.05) is 12.3 Å². The summed E-state index contributed by atoms with van der Waals surface area (Å²) in [5.74, 6) is -1.23. The molecule has 4 rings (SSSR count). The molecule has 0 bridgehead atoms. The van der Waals surface area contributed by atoms with Crippen LogP contribution in [0.1, 0.15) is 22.3 Å². The Morgan fingerprint density at radius 3 is 2.33 bits per heavy atom. The number of rotatable bonds is 8. The number of aromatic nitrogens is 2. The van der Waals surface area contributed by atoms with E-state index in [-0.39, 0.29) is 18.9 Å². The fourth-order valence-corrected chi connectivity index (χ4v) is 3.58. The third-order valence-corrected chi connectivity index (χ3v) is 5.29. The summed E-state index contributed by atoms with van der Waals surface area (Å²) in [4.78, 5) is 22.7. The van der Waals surface area contributed by atoms with Gasteiger partial charge in [0.25, 0.3) is 5.91 Å². The molecule has 4 aromatic rings. The van der Waals surface area contributed by atoms with E-state index in [1.807, 2.05) is 47.1 Å². The smallest absolute Gasteiger partial charge is 0.305 e. The lowest BCUT2D eigenvalue weighted by atomic mass is 10.0. The number of carbonyl (C=O) groups excluding carboxylic acids is 1. The average Bonchev–Trinajstić information content (AvgIpc) is 3.27. The molecule has 0 fully saturated rings. The van der Waals surface area contributed by atoms with Gasteiger partial charge in [-0.15, -0.1) is 0 Å². The van der Waals surface area contributed by atoms with Crippen molar-refractivity contribution in [3.63, 3.8) is 0 Å². The van der Waals surface area contributed by atoms with Crippen molar-refractivity contribution in [1.29, 1.82) is 0 Å². The van der Waals surface area contributed by atoms with Gasteiger partial charge < -0.3 is 16.2 Å². The molecule has 0 aliphatic heterocycles. The molecule has 7 nitrogen and oxygen atoms in total. The topological polar surface area (TPSA) is 110 Å². The second kappa shape index (κ2) is 9.82. The first-order valence-corrected chi connectivity index (χ1v) is 10.6. The van der Waals surface area contributed by atoms with Crippen LogP contribution in [0.25, 0.3) is 22.4 Å². The van der Waals surface area contributed by atoms with Crippen LogP contribution in [0.2, 0.25) is 0 Å². The van der Waals surface area contributed by atoms with Crippen LogP contribution in [-0.2, 0) is 11.3 Å². The standard InChI is InChI=1S/C26H24N4O3/c27-23-3-1-2-22(16-23)19-8-10-20(11-9-19)24-12-15-29-30(24)17-18-4-6-21(7-5-18)26(33)28-14-13-25(31)32/h1-12,15-16H,13-14,17,27H2,(H,28,33)(H,31,32). The summed E-state index contributed by atoms with van der Waals surface area (Å²) in [5, 5.41) is 15.7. The van der Waals surface area contributed by atoms with Gasteiger partial charge >= 0.3 is 5.97 Å². The molecule has 0 saturated carbocycles. The molecule has 4 N–H and O–H groups in total. The Bertz CT molecular complexity index is 1260. The Balaban J connectivity index is 1.45. The van der Waals surface area contributed by atoms with Gasteiger partial charge in [0.15, 0.2) is 0 Å². The van der Waals surface area contributed by atoms with Crippen LogP contribution in [0, 0.1) is 0 Å². The fraction of sp³-hybridized carbons (Fsp3) is 0.115. The number of nitrogens with one attached hydrogen (secondary N) is 1. The van der Waals surface area contributed by atoms with Crippen LogP contribution in [0.3, 0.4) is 0 Å². The molecule has 0 atom stereocenters. The van der Waals surface area contributed by atoms with Crippen LogP contribution in [0.15, 0.2) is 85.1 Å². The Hall–Kier alpha value is -4.39. The molecule has 0 aliphatic carbocycles.